The molecule has 2 aliphatic heterocycles. The Balaban J connectivity index is 1.43. The van der Waals surface area contributed by atoms with Crippen LogP contribution in [0.2, 0.25) is 0 Å². The van der Waals surface area contributed by atoms with E-state index >= 15 is 0 Å². The molecular formula is C20H32O6. The Morgan fingerprint density at radius 2 is 0.846 bits per heavy atom. The monoisotopic (exact) mass is 368 g/mol. The predicted molar refractivity (Wildman–Crippen MR) is 92.7 cm³/mol. The van der Waals surface area contributed by atoms with E-state index in [1.54, 1.807) is 14.2 Å². The van der Waals surface area contributed by atoms with Gasteiger partial charge in [-0.05, 0) is 25.7 Å². The van der Waals surface area contributed by atoms with E-state index in [9.17, 15) is 0 Å². The number of fused-ring (bicyclic) bond motifs is 2. The molecule has 0 amide bonds. The lowest BCUT2D eigenvalue weighted by atomic mass is 9.85. The van der Waals surface area contributed by atoms with Crippen molar-refractivity contribution in [3.8, 4) is 0 Å². The molecule has 0 aromatic carbocycles. The van der Waals surface area contributed by atoms with Crippen LogP contribution in [0.1, 0.15) is 64.2 Å². The lowest BCUT2D eigenvalue weighted by Crippen LogP contribution is -2.62. The molecule has 0 radical (unpaired) electrons. The molecule has 6 heteroatoms. The van der Waals surface area contributed by atoms with Gasteiger partial charge < -0.3 is 28.4 Å². The van der Waals surface area contributed by atoms with Crippen molar-refractivity contribution in [3.05, 3.63) is 0 Å². The van der Waals surface area contributed by atoms with Gasteiger partial charge in [-0.3, -0.25) is 0 Å². The van der Waals surface area contributed by atoms with Crippen LogP contribution in [0.15, 0.2) is 0 Å². The summed E-state index contributed by atoms with van der Waals surface area (Å²) in [4.78, 5) is 0. The Kier molecular flexibility index (Phi) is 4.58. The van der Waals surface area contributed by atoms with E-state index in [-0.39, 0.29) is 36.6 Å². The Labute approximate surface area is 155 Å². The molecule has 2 heterocycles. The Bertz CT molecular complexity index is 438. The average Bonchev–Trinajstić information content (AvgIpc) is 3.19. The summed E-state index contributed by atoms with van der Waals surface area (Å²) in [5.74, 6) is -0.940. The van der Waals surface area contributed by atoms with Crippen molar-refractivity contribution < 1.29 is 28.4 Å². The molecule has 5 aliphatic rings. The van der Waals surface area contributed by atoms with Gasteiger partial charge in [-0.15, -0.1) is 0 Å². The molecule has 3 aliphatic carbocycles. The van der Waals surface area contributed by atoms with E-state index in [0.29, 0.717) is 0 Å². The maximum Gasteiger partial charge on any atom is 0.169 e. The minimum atomic E-state index is -0.470. The zero-order chi connectivity index (χ0) is 17.8. The van der Waals surface area contributed by atoms with Gasteiger partial charge in [0.15, 0.2) is 11.6 Å². The molecule has 0 aromatic rings. The molecule has 0 unspecified atom stereocenters. The van der Waals surface area contributed by atoms with E-state index in [2.05, 4.69) is 0 Å². The summed E-state index contributed by atoms with van der Waals surface area (Å²) in [5, 5.41) is 0. The molecule has 5 rings (SSSR count). The maximum absolute atomic E-state index is 6.55. The minimum Gasteiger partial charge on any atom is -0.376 e. The van der Waals surface area contributed by atoms with Crippen molar-refractivity contribution in [2.45, 2.75) is 112 Å². The fourth-order valence-corrected chi connectivity index (χ4v) is 5.89. The van der Waals surface area contributed by atoms with E-state index in [0.717, 1.165) is 51.4 Å². The van der Waals surface area contributed by atoms with Gasteiger partial charge in [0, 0.05) is 39.9 Å². The van der Waals surface area contributed by atoms with Gasteiger partial charge >= 0.3 is 0 Å². The van der Waals surface area contributed by atoms with Crippen LogP contribution in [0.4, 0.5) is 0 Å². The number of hydrogen-bond acceptors (Lipinski definition) is 6. The first kappa shape index (κ1) is 17.8. The van der Waals surface area contributed by atoms with Crippen LogP contribution in [0.5, 0.6) is 0 Å². The van der Waals surface area contributed by atoms with Crippen molar-refractivity contribution in [1.82, 2.24) is 0 Å². The van der Waals surface area contributed by atoms with Gasteiger partial charge in [-0.25, -0.2) is 0 Å². The molecule has 6 nitrogen and oxygen atoms in total. The molecule has 2 spiro atoms. The first-order valence-corrected chi connectivity index (χ1v) is 10.5. The molecule has 26 heavy (non-hydrogen) atoms. The van der Waals surface area contributed by atoms with E-state index in [1.165, 1.54) is 12.8 Å². The molecule has 3 saturated carbocycles. The average molecular weight is 368 g/mol. The van der Waals surface area contributed by atoms with Crippen molar-refractivity contribution >= 4 is 0 Å². The summed E-state index contributed by atoms with van der Waals surface area (Å²) >= 11 is 0. The van der Waals surface area contributed by atoms with E-state index in [1.807, 2.05) is 0 Å². The highest BCUT2D eigenvalue weighted by molar-refractivity contribution is 5.10. The predicted octanol–water partition coefficient (Wildman–Crippen LogP) is 2.92. The normalized spacial score (nSPS) is 46.4. The summed E-state index contributed by atoms with van der Waals surface area (Å²) < 4.78 is 38.0. The zero-order valence-electron chi connectivity index (χ0n) is 16.0. The van der Waals surface area contributed by atoms with Gasteiger partial charge in [0.2, 0.25) is 0 Å². The van der Waals surface area contributed by atoms with Crippen LogP contribution in [0.25, 0.3) is 0 Å². The second-order valence-corrected chi connectivity index (χ2v) is 8.67. The van der Waals surface area contributed by atoms with E-state index < -0.39 is 11.6 Å². The van der Waals surface area contributed by atoms with Gasteiger partial charge in [-0.2, -0.15) is 0 Å². The molecule has 0 bridgehead atoms. The second kappa shape index (κ2) is 6.68. The highest BCUT2D eigenvalue weighted by atomic mass is 16.8. The molecule has 6 atom stereocenters. The summed E-state index contributed by atoms with van der Waals surface area (Å²) in [5.41, 5.74) is 0. The second-order valence-electron chi connectivity index (χ2n) is 8.67. The third kappa shape index (κ3) is 2.68. The van der Waals surface area contributed by atoms with Crippen LogP contribution in [-0.2, 0) is 28.4 Å². The first-order chi connectivity index (χ1) is 12.7. The van der Waals surface area contributed by atoms with Gasteiger partial charge in [0.05, 0.1) is 0 Å². The number of ether oxygens (including phenoxy) is 6. The van der Waals surface area contributed by atoms with Crippen LogP contribution in [-0.4, -0.2) is 62.4 Å². The summed E-state index contributed by atoms with van der Waals surface area (Å²) in [6.45, 7) is 0. The fraction of sp³-hybridized carbons (Fsp3) is 1.00. The Morgan fingerprint density at radius 3 is 1.12 bits per heavy atom. The van der Waals surface area contributed by atoms with Gasteiger partial charge in [0.25, 0.3) is 0 Å². The van der Waals surface area contributed by atoms with Crippen molar-refractivity contribution in [1.29, 1.82) is 0 Å². The molecule has 0 N–H and O–H groups in total. The van der Waals surface area contributed by atoms with Crippen molar-refractivity contribution in [2.24, 2.45) is 0 Å². The number of hydrogen-bond donors (Lipinski definition) is 0. The number of methoxy groups -OCH3 is 2. The molecule has 0 aromatic heterocycles. The molecule has 5 fully saturated rings. The topological polar surface area (TPSA) is 55.4 Å². The standard InChI is InChI=1S/C20H32O6/c1-21-13-15-17(25-19(23-15)9-5-3-6-10-19)14(22-2)18-16(13)24-20(26-18)11-7-4-8-12-20/h13-18H,3-12H2,1-2H3/t13-,14-,15-,16-,17-,18+/m1/s1. The van der Waals surface area contributed by atoms with Crippen LogP contribution in [0, 0.1) is 0 Å². The van der Waals surface area contributed by atoms with E-state index in [4.69, 9.17) is 28.4 Å². The van der Waals surface area contributed by atoms with Crippen molar-refractivity contribution in [2.75, 3.05) is 14.2 Å². The highest BCUT2D eigenvalue weighted by Gasteiger charge is 2.66. The largest absolute Gasteiger partial charge is 0.376 e. The summed E-state index contributed by atoms with van der Waals surface area (Å²) in [6.07, 6.45) is 9.92. The number of rotatable bonds is 2. The maximum atomic E-state index is 6.55. The smallest absolute Gasteiger partial charge is 0.169 e. The quantitative estimate of drug-likeness (QED) is 0.747. The van der Waals surface area contributed by atoms with Crippen molar-refractivity contribution in [3.63, 3.8) is 0 Å². The van der Waals surface area contributed by atoms with Gasteiger partial charge in [-0.1, -0.05) is 12.8 Å². The fourth-order valence-electron chi connectivity index (χ4n) is 5.89. The highest BCUT2D eigenvalue weighted by Crippen LogP contribution is 2.51. The third-order valence-corrected chi connectivity index (χ3v) is 7.12. The Hall–Kier alpha value is -0.240. The zero-order valence-corrected chi connectivity index (χ0v) is 16.0. The van der Waals surface area contributed by atoms with Crippen LogP contribution in [0.3, 0.4) is 0 Å². The minimum absolute atomic E-state index is 0.161. The third-order valence-electron chi connectivity index (χ3n) is 7.12. The summed E-state index contributed by atoms with van der Waals surface area (Å²) in [7, 11) is 3.49. The van der Waals surface area contributed by atoms with Crippen LogP contribution < -0.4 is 0 Å². The molecule has 2 saturated heterocycles. The first-order valence-electron chi connectivity index (χ1n) is 10.5. The lowest BCUT2D eigenvalue weighted by Gasteiger charge is -2.41. The van der Waals surface area contributed by atoms with Gasteiger partial charge in [0.1, 0.15) is 36.6 Å². The lowest BCUT2D eigenvalue weighted by molar-refractivity contribution is -0.226. The SMILES string of the molecule is CO[C@@H]1[C@H]2OC3(CCCCC3)O[C@@H]2[C@@H](OC)[C@@H]2OC3(CCCCC3)O[C@H]12. The molecule has 148 valence electrons. The van der Waals surface area contributed by atoms with Crippen LogP contribution >= 0.6 is 0 Å². The summed E-state index contributed by atoms with van der Waals surface area (Å²) in [6, 6.07) is 0. The molecular weight excluding hydrogens is 336 g/mol. The Morgan fingerprint density at radius 1 is 0.538 bits per heavy atom.